The number of carboxylic acids is 1. The summed E-state index contributed by atoms with van der Waals surface area (Å²) in [6, 6.07) is 0. The van der Waals surface area contributed by atoms with Crippen LogP contribution in [0.5, 0.6) is 0 Å². The van der Waals surface area contributed by atoms with E-state index in [0.29, 0.717) is 6.42 Å². The predicted octanol–water partition coefficient (Wildman–Crippen LogP) is 6.10. The number of allylic oxidation sites excluding steroid dienone is 2. The van der Waals surface area contributed by atoms with Gasteiger partial charge in [0.15, 0.2) is 0 Å². The molecule has 0 radical (unpaired) electrons. The van der Waals surface area contributed by atoms with Gasteiger partial charge in [0, 0.05) is 53.2 Å². The Morgan fingerprint density at radius 3 is 1.64 bits per heavy atom. The maximum Gasteiger partial charge on any atom is 0.303 e. The molecule has 1 N–H and O–H groups in total. The SMILES string of the molecule is CCCCCCCC/C=C\CCCCCCCC(=O)O.[Cd].[Zn]. The topological polar surface area (TPSA) is 37.3 Å². The van der Waals surface area contributed by atoms with Gasteiger partial charge >= 0.3 is 5.97 Å². The molecule has 0 spiro atoms. The zero-order valence-corrected chi connectivity index (χ0v) is 21.8. The molecule has 0 atom stereocenters. The Hall–Kier alpha value is 0.755. The van der Waals surface area contributed by atoms with E-state index in [-0.39, 0.29) is 46.8 Å². The van der Waals surface area contributed by atoms with E-state index in [1.807, 2.05) is 0 Å². The zero-order valence-electron chi connectivity index (χ0n) is 14.8. The van der Waals surface area contributed by atoms with Crippen molar-refractivity contribution in [1.29, 1.82) is 0 Å². The maximum atomic E-state index is 10.3. The van der Waals surface area contributed by atoms with E-state index in [0.717, 1.165) is 12.8 Å². The van der Waals surface area contributed by atoms with E-state index in [2.05, 4.69) is 19.1 Å². The molecule has 0 aliphatic rings. The second kappa shape index (κ2) is 24.0. The Labute approximate surface area is 170 Å². The first-order valence-electron chi connectivity index (χ1n) is 8.64. The van der Waals surface area contributed by atoms with Crippen molar-refractivity contribution in [2.24, 2.45) is 0 Å². The molecule has 0 aromatic rings. The van der Waals surface area contributed by atoms with Crippen molar-refractivity contribution >= 4 is 5.97 Å². The van der Waals surface area contributed by atoms with Gasteiger partial charge in [-0.05, 0) is 32.1 Å². The first-order valence-corrected chi connectivity index (χ1v) is 8.64. The summed E-state index contributed by atoms with van der Waals surface area (Å²) in [6.45, 7) is 2.26. The summed E-state index contributed by atoms with van der Waals surface area (Å²) in [5, 5.41) is 8.51. The van der Waals surface area contributed by atoms with E-state index in [4.69, 9.17) is 5.11 Å². The second-order valence-electron chi connectivity index (χ2n) is 5.73. The van der Waals surface area contributed by atoms with Gasteiger partial charge in [-0.2, -0.15) is 0 Å². The van der Waals surface area contributed by atoms with E-state index < -0.39 is 5.97 Å². The van der Waals surface area contributed by atoms with Crippen molar-refractivity contribution in [1.82, 2.24) is 0 Å². The molecule has 122 valence electrons. The van der Waals surface area contributed by atoms with Crippen molar-refractivity contribution in [3.8, 4) is 0 Å². The zero-order chi connectivity index (χ0) is 14.9. The first kappa shape index (κ1) is 27.6. The number of aliphatic carboxylic acids is 1. The standard InChI is InChI=1S/C18H34O2.Cd.Zn/c1-2-3-4-5-6-7-8-9-10-11-12-13-14-15-16-17-18(19)20;;/h9-10H,2-8,11-17H2,1H3,(H,19,20);;/b10-9-;;. The van der Waals surface area contributed by atoms with Crippen LogP contribution in [0.4, 0.5) is 0 Å². The molecule has 0 aromatic carbocycles. The summed E-state index contributed by atoms with van der Waals surface area (Å²) >= 11 is 0. The minimum absolute atomic E-state index is 0. The van der Waals surface area contributed by atoms with Crippen LogP contribution in [0.2, 0.25) is 0 Å². The molecule has 0 rings (SSSR count). The normalized spacial score (nSPS) is 10.2. The van der Waals surface area contributed by atoms with Crippen molar-refractivity contribution in [3.05, 3.63) is 12.2 Å². The summed E-state index contributed by atoms with van der Waals surface area (Å²) in [4.78, 5) is 10.3. The van der Waals surface area contributed by atoms with E-state index in [1.165, 1.54) is 70.6 Å². The fourth-order valence-electron chi connectivity index (χ4n) is 2.35. The van der Waals surface area contributed by atoms with Gasteiger partial charge < -0.3 is 5.11 Å². The molecule has 0 saturated carbocycles. The average molecular weight is 460 g/mol. The fraction of sp³-hybridized carbons (Fsp3) is 0.833. The van der Waals surface area contributed by atoms with E-state index in [9.17, 15) is 4.79 Å². The van der Waals surface area contributed by atoms with Gasteiger partial charge in [-0.25, -0.2) is 0 Å². The number of hydrogen-bond acceptors (Lipinski definition) is 1. The quantitative estimate of drug-likeness (QED) is 0.182. The van der Waals surface area contributed by atoms with Crippen LogP contribution in [0.1, 0.15) is 96.8 Å². The van der Waals surface area contributed by atoms with Crippen molar-refractivity contribution in [3.63, 3.8) is 0 Å². The molecule has 0 heterocycles. The monoisotopic (exact) mass is 460 g/mol. The van der Waals surface area contributed by atoms with Gasteiger partial charge in [0.1, 0.15) is 0 Å². The molecule has 0 aliphatic carbocycles. The number of carboxylic acid groups (broad SMARTS) is 1. The summed E-state index contributed by atoms with van der Waals surface area (Å²) in [7, 11) is 0. The van der Waals surface area contributed by atoms with Crippen molar-refractivity contribution in [2.45, 2.75) is 96.8 Å². The molecular formula is C18H34CdO2Zn. The molecule has 4 heteroatoms. The summed E-state index contributed by atoms with van der Waals surface area (Å²) in [5.41, 5.74) is 0. The van der Waals surface area contributed by atoms with Crippen LogP contribution >= 0.6 is 0 Å². The second-order valence-corrected chi connectivity index (χ2v) is 5.73. The van der Waals surface area contributed by atoms with Gasteiger partial charge in [0.2, 0.25) is 0 Å². The molecule has 2 nitrogen and oxygen atoms in total. The van der Waals surface area contributed by atoms with Crippen molar-refractivity contribution in [2.75, 3.05) is 0 Å². The van der Waals surface area contributed by atoms with Crippen LogP contribution in [0.25, 0.3) is 0 Å². The predicted molar refractivity (Wildman–Crippen MR) is 87.1 cm³/mol. The minimum Gasteiger partial charge on any atom is -0.481 e. The molecule has 0 fully saturated rings. The molecule has 0 saturated heterocycles. The molecular weight excluding hydrogens is 426 g/mol. The van der Waals surface area contributed by atoms with Crippen LogP contribution < -0.4 is 0 Å². The number of carbonyl (C=O) groups is 1. The summed E-state index contributed by atoms with van der Waals surface area (Å²) in [6.07, 6.45) is 21.2. The van der Waals surface area contributed by atoms with Crippen molar-refractivity contribution < 1.29 is 56.7 Å². The number of unbranched alkanes of at least 4 members (excludes halogenated alkanes) is 11. The van der Waals surface area contributed by atoms with E-state index >= 15 is 0 Å². The Kier molecular flexibility index (Phi) is 30.1. The Bertz CT molecular complexity index is 245. The van der Waals surface area contributed by atoms with Gasteiger partial charge in [0.05, 0.1) is 0 Å². The largest absolute Gasteiger partial charge is 0.481 e. The molecule has 0 unspecified atom stereocenters. The smallest absolute Gasteiger partial charge is 0.303 e. The molecule has 0 bridgehead atoms. The minimum atomic E-state index is -0.664. The van der Waals surface area contributed by atoms with Crippen LogP contribution in [-0.2, 0) is 51.6 Å². The maximum absolute atomic E-state index is 10.3. The molecule has 0 aromatic heterocycles. The van der Waals surface area contributed by atoms with Gasteiger partial charge in [0.25, 0.3) is 0 Å². The van der Waals surface area contributed by atoms with Crippen LogP contribution in [-0.4, -0.2) is 11.1 Å². The van der Waals surface area contributed by atoms with E-state index in [1.54, 1.807) is 0 Å². The van der Waals surface area contributed by atoms with Gasteiger partial charge in [-0.1, -0.05) is 70.4 Å². The number of rotatable bonds is 15. The Balaban J connectivity index is -0.00000180. The van der Waals surface area contributed by atoms with Crippen LogP contribution in [0.3, 0.4) is 0 Å². The van der Waals surface area contributed by atoms with Crippen LogP contribution in [0, 0.1) is 0 Å². The third kappa shape index (κ3) is 25.7. The molecule has 22 heavy (non-hydrogen) atoms. The number of hydrogen-bond donors (Lipinski definition) is 1. The van der Waals surface area contributed by atoms with Gasteiger partial charge in [-0.15, -0.1) is 0 Å². The average Bonchev–Trinajstić information content (AvgIpc) is 2.43. The fourth-order valence-corrected chi connectivity index (χ4v) is 2.35. The molecule has 0 amide bonds. The summed E-state index contributed by atoms with van der Waals surface area (Å²) < 4.78 is 0. The third-order valence-corrected chi connectivity index (χ3v) is 3.65. The summed E-state index contributed by atoms with van der Waals surface area (Å²) in [5.74, 6) is -0.664. The first-order chi connectivity index (χ1) is 9.77. The van der Waals surface area contributed by atoms with Gasteiger partial charge in [-0.3, -0.25) is 4.79 Å². The Morgan fingerprint density at radius 2 is 1.18 bits per heavy atom. The third-order valence-electron chi connectivity index (χ3n) is 3.65. The Morgan fingerprint density at radius 1 is 0.773 bits per heavy atom. The van der Waals surface area contributed by atoms with Crippen LogP contribution in [0.15, 0.2) is 12.2 Å². The molecule has 0 aliphatic heterocycles.